The Labute approximate surface area is 211 Å². The van der Waals surface area contributed by atoms with Crippen molar-refractivity contribution in [3.05, 3.63) is 64.1 Å². The summed E-state index contributed by atoms with van der Waals surface area (Å²) in [6, 6.07) is 14.0. The van der Waals surface area contributed by atoms with E-state index in [1.54, 1.807) is 25.1 Å². The second kappa shape index (κ2) is 12.4. The Morgan fingerprint density at radius 1 is 1.06 bits per heavy atom. The zero-order chi connectivity index (χ0) is 25.5. The van der Waals surface area contributed by atoms with Crippen LogP contribution >= 0.6 is 15.9 Å². The molecule has 0 fully saturated rings. The summed E-state index contributed by atoms with van der Waals surface area (Å²) in [6.07, 6.45) is 1.62. The first kappa shape index (κ1) is 27.9. The van der Waals surface area contributed by atoms with Crippen molar-refractivity contribution in [3.8, 4) is 0 Å². The highest BCUT2D eigenvalue weighted by atomic mass is 79.9. The molecular weight excluding hydrogens is 518 g/mol. The van der Waals surface area contributed by atoms with E-state index >= 15 is 0 Å². The van der Waals surface area contributed by atoms with Gasteiger partial charge in [-0.15, -0.1) is 0 Å². The van der Waals surface area contributed by atoms with Gasteiger partial charge in [0.05, 0.1) is 11.9 Å². The van der Waals surface area contributed by atoms with Crippen molar-refractivity contribution in [2.75, 3.05) is 30.2 Å². The molecule has 0 bridgehead atoms. The van der Waals surface area contributed by atoms with Gasteiger partial charge < -0.3 is 10.2 Å². The monoisotopic (exact) mass is 551 g/mol. The lowest BCUT2D eigenvalue weighted by Gasteiger charge is -2.31. The quantitative estimate of drug-likeness (QED) is 0.460. The average molecular weight is 553 g/mol. The molecule has 2 aromatic rings. The van der Waals surface area contributed by atoms with Crippen LogP contribution < -0.4 is 9.62 Å². The van der Waals surface area contributed by atoms with Gasteiger partial charge in [0.2, 0.25) is 21.8 Å². The zero-order valence-corrected chi connectivity index (χ0v) is 22.8. The highest BCUT2D eigenvalue weighted by molar-refractivity contribution is 9.10. The van der Waals surface area contributed by atoms with E-state index in [2.05, 4.69) is 21.2 Å². The molecule has 0 aliphatic carbocycles. The molecule has 9 heteroatoms. The molecule has 1 atom stereocenters. The number of carbonyl (C=O) groups excluding carboxylic acids is 2. The minimum absolute atomic E-state index is 0.263. The number of sulfonamides is 1. The van der Waals surface area contributed by atoms with Gasteiger partial charge in [-0.1, -0.05) is 60.1 Å². The Balaban J connectivity index is 2.31. The lowest BCUT2D eigenvalue weighted by molar-refractivity contribution is -0.138. The number of benzene rings is 2. The normalized spacial score (nSPS) is 12.3. The number of hydrogen-bond donors (Lipinski definition) is 1. The van der Waals surface area contributed by atoms with Crippen LogP contribution in [0.25, 0.3) is 0 Å². The second-order valence-electron chi connectivity index (χ2n) is 8.84. The third-order valence-corrected chi connectivity index (χ3v) is 7.48. The maximum Gasteiger partial charge on any atom is 0.244 e. The van der Waals surface area contributed by atoms with Crippen LogP contribution in [0.3, 0.4) is 0 Å². The van der Waals surface area contributed by atoms with Crippen LogP contribution in [0.2, 0.25) is 0 Å². The van der Waals surface area contributed by atoms with Gasteiger partial charge in [0.25, 0.3) is 0 Å². The third-order valence-electron chi connectivity index (χ3n) is 5.44. The summed E-state index contributed by atoms with van der Waals surface area (Å²) in [6.45, 7) is 7.90. The predicted octanol–water partition coefficient (Wildman–Crippen LogP) is 3.76. The molecule has 0 radical (unpaired) electrons. The standard InChI is InChI=1S/C25H34BrN3O4S/c1-18(2)16-27-25(31)20(4)28(14-13-21-9-7-6-8-10-21)24(30)17-29(34(5,32)33)22-11-12-23(26)19(3)15-22/h6-12,15,18,20H,13-14,16-17H2,1-5H3,(H,27,31)/t20-/m1/s1. The number of nitrogens with zero attached hydrogens (tertiary/aromatic N) is 2. The maximum atomic E-state index is 13.5. The molecular formula is C25H34BrN3O4S. The first-order valence-corrected chi connectivity index (χ1v) is 13.9. The molecule has 0 aromatic heterocycles. The lowest BCUT2D eigenvalue weighted by Crippen LogP contribution is -2.52. The fraction of sp³-hybridized carbons (Fsp3) is 0.440. The lowest BCUT2D eigenvalue weighted by atomic mass is 10.1. The van der Waals surface area contributed by atoms with Crippen molar-refractivity contribution < 1.29 is 18.0 Å². The first-order chi connectivity index (χ1) is 15.9. The van der Waals surface area contributed by atoms with Crippen LogP contribution in [0.4, 0.5) is 5.69 Å². The highest BCUT2D eigenvalue weighted by Crippen LogP contribution is 2.25. The predicted molar refractivity (Wildman–Crippen MR) is 140 cm³/mol. The summed E-state index contributed by atoms with van der Waals surface area (Å²) in [5, 5.41) is 2.87. The Kier molecular flexibility index (Phi) is 10.1. The maximum absolute atomic E-state index is 13.5. The van der Waals surface area contributed by atoms with Crippen molar-refractivity contribution in [3.63, 3.8) is 0 Å². The second-order valence-corrected chi connectivity index (χ2v) is 11.6. The van der Waals surface area contributed by atoms with Crippen molar-refractivity contribution in [1.82, 2.24) is 10.2 Å². The largest absolute Gasteiger partial charge is 0.354 e. The van der Waals surface area contributed by atoms with Crippen molar-refractivity contribution in [1.29, 1.82) is 0 Å². The molecule has 2 amide bonds. The summed E-state index contributed by atoms with van der Waals surface area (Å²) in [5.41, 5.74) is 2.27. The van der Waals surface area contributed by atoms with Crippen LogP contribution in [-0.4, -0.2) is 57.1 Å². The topological polar surface area (TPSA) is 86.8 Å². The van der Waals surface area contributed by atoms with Gasteiger partial charge in [-0.2, -0.15) is 0 Å². The molecule has 0 aliphatic heterocycles. The van der Waals surface area contributed by atoms with E-state index in [9.17, 15) is 18.0 Å². The number of anilines is 1. The van der Waals surface area contributed by atoms with Gasteiger partial charge in [0.15, 0.2) is 0 Å². The van der Waals surface area contributed by atoms with E-state index in [1.807, 2.05) is 51.1 Å². The molecule has 0 unspecified atom stereocenters. The van der Waals surface area contributed by atoms with E-state index < -0.39 is 28.5 Å². The number of nitrogens with one attached hydrogen (secondary N) is 1. The molecule has 2 aromatic carbocycles. The molecule has 0 saturated heterocycles. The number of aryl methyl sites for hydroxylation is 1. The van der Waals surface area contributed by atoms with E-state index in [-0.39, 0.29) is 18.4 Å². The molecule has 0 heterocycles. The van der Waals surface area contributed by atoms with E-state index in [4.69, 9.17) is 0 Å². The summed E-state index contributed by atoms with van der Waals surface area (Å²) in [5.74, 6) is -0.430. The number of carbonyl (C=O) groups is 2. The molecule has 0 aliphatic rings. The van der Waals surface area contributed by atoms with Gasteiger partial charge in [0, 0.05) is 17.6 Å². The SMILES string of the molecule is Cc1cc(N(CC(=O)N(CCc2ccccc2)[C@H](C)C(=O)NCC(C)C)S(C)(=O)=O)ccc1Br. The van der Waals surface area contributed by atoms with Crippen LogP contribution in [0, 0.1) is 12.8 Å². The van der Waals surface area contributed by atoms with Crippen LogP contribution in [0.15, 0.2) is 53.0 Å². The van der Waals surface area contributed by atoms with Gasteiger partial charge in [-0.25, -0.2) is 8.42 Å². The fourth-order valence-electron chi connectivity index (χ4n) is 3.42. The van der Waals surface area contributed by atoms with Gasteiger partial charge >= 0.3 is 0 Å². The van der Waals surface area contributed by atoms with Gasteiger partial charge in [-0.05, 0) is 55.5 Å². The van der Waals surface area contributed by atoms with Crippen LogP contribution in [0.5, 0.6) is 0 Å². The molecule has 7 nitrogen and oxygen atoms in total. The van der Waals surface area contributed by atoms with Crippen molar-refractivity contribution in [2.24, 2.45) is 5.92 Å². The van der Waals surface area contributed by atoms with Crippen LogP contribution in [-0.2, 0) is 26.0 Å². The average Bonchev–Trinajstić information content (AvgIpc) is 2.77. The Morgan fingerprint density at radius 2 is 1.71 bits per heavy atom. The van der Waals surface area contributed by atoms with Gasteiger partial charge in [-0.3, -0.25) is 13.9 Å². The highest BCUT2D eigenvalue weighted by Gasteiger charge is 2.29. The van der Waals surface area contributed by atoms with E-state index in [0.29, 0.717) is 18.7 Å². The summed E-state index contributed by atoms with van der Waals surface area (Å²) in [7, 11) is -3.74. The summed E-state index contributed by atoms with van der Waals surface area (Å²) in [4.78, 5) is 27.7. The van der Waals surface area contributed by atoms with Crippen molar-refractivity contribution in [2.45, 2.75) is 40.2 Å². The number of rotatable bonds is 11. The van der Waals surface area contributed by atoms with E-state index in [0.717, 1.165) is 26.2 Å². The molecule has 0 saturated carbocycles. The summed E-state index contributed by atoms with van der Waals surface area (Å²) >= 11 is 3.42. The first-order valence-electron chi connectivity index (χ1n) is 11.2. The Bertz CT molecular complexity index is 1090. The van der Waals surface area contributed by atoms with E-state index in [1.165, 1.54) is 4.90 Å². The molecule has 34 heavy (non-hydrogen) atoms. The zero-order valence-electron chi connectivity index (χ0n) is 20.4. The molecule has 0 spiro atoms. The molecule has 186 valence electrons. The van der Waals surface area contributed by atoms with Gasteiger partial charge in [0.1, 0.15) is 12.6 Å². The third kappa shape index (κ3) is 8.13. The van der Waals surface area contributed by atoms with Crippen LogP contribution in [0.1, 0.15) is 31.9 Å². The minimum atomic E-state index is -3.74. The molecule has 1 N–H and O–H groups in total. The smallest absolute Gasteiger partial charge is 0.244 e. The fourth-order valence-corrected chi connectivity index (χ4v) is 4.51. The Morgan fingerprint density at radius 3 is 2.26 bits per heavy atom. The number of amides is 2. The summed E-state index contributed by atoms with van der Waals surface area (Å²) < 4.78 is 27.2. The minimum Gasteiger partial charge on any atom is -0.354 e. The number of hydrogen-bond acceptors (Lipinski definition) is 4. The van der Waals surface area contributed by atoms with Crippen molar-refractivity contribution >= 4 is 43.5 Å². The molecule has 2 rings (SSSR count). The number of halogens is 1. The Hall–Kier alpha value is -2.39.